The molecule has 7 rings (SSSR count). The molecule has 0 spiro atoms. The van der Waals surface area contributed by atoms with Crippen molar-refractivity contribution in [3.63, 3.8) is 0 Å². The molecule has 0 saturated carbocycles. The predicted octanol–water partition coefficient (Wildman–Crippen LogP) is 7.19. The average molecular weight is 462 g/mol. The topological polar surface area (TPSA) is 66.1 Å². The van der Waals surface area contributed by atoms with Crippen LogP contribution in [0.4, 0.5) is 0 Å². The Hall–Kier alpha value is -4.29. The number of aromatic hydroxyl groups is 2. The lowest BCUT2D eigenvalue weighted by Crippen LogP contribution is -1.98. The summed E-state index contributed by atoms with van der Waals surface area (Å²) in [6, 6.07) is 32.2. The molecule has 0 aliphatic carbocycles. The van der Waals surface area contributed by atoms with Gasteiger partial charge in [0.2, 0.25) is 11.8 Å². The molecule has 7 aromatic rings. The van der Waals surface area contributed by atoms with E-state index in [4.69, 9.17) is 0 Å². The van der Waals surface area contributed by atoms with Crippen molar-refractivity contribution in [1.82, 2.24) is 13.5 Å². The van der Waals surface area contributed by atoms with E-state index in [1.807, 2.05) is 24.3 Å². The largest absolute Gasteiger partial charge is 0.494 e. The molecule has 6 heteroatoms. The first-order chi connectivity index (χ1) is 16.7. The van der Waals surface area contributed by atoms with Crippen molar-refractivity contribution in [2.75, 3.05) is 0 Å². The molecular formula is C28H19N3O2S. The van der Waals surface area contributed by atoms with E-state index in [0.29, 0.717) is 0 Å². The highest BCUT2D eigenvalue weighted by atomic mass is 32.2. The van der Waals surface area contributed by atoms with Crippen LogP contribution in [0.1, 0.15) is 0 Å². The van der Waals surface area contributed by atoms with Crippen LogP contribution in [-0.4, -0.2) is 23.7 Å². The first-order valence-electron chi connectivity index (χ1n) is 11.0. The zero-order valence-corrected chi connectivity index (χ0v) is 18.8. The van der Waals surface area contributed by atoms with Crippen molar-refractivity contribution in [1.29, 1.82) is 0 Å². The molecule has 0 bridgehead atoms. The van der Waals surface area contributed by atoms with Crippen molar-refractivity contribution in [2.24, 2.45) is 0 Å². The summed E-state index contributed by atoms with van der Waals surface area (Å²) < 4.78 is 3.70. The van der Waals surface area contributed by atoms with Crippen molar-refractivity contribution >= 4 is 55.6 Å². The van der Waals surface area contributed by atoms with Crippen molar-refractivity contribution in [2.45, 2.75) is 4.90 Å². The summed E-state index contributed by atoms with van der Waals surface area (Å²) in [5, 5.41) is 25.2. The molecule has 0 fully saturated rings. The van der Waals surface area contributed by atoms with Gasteiger partial charge < -0.3 is 19.8 Å². The van der Waals surface area contributed by atoms with Gasteiger partial charge in [-0.2, -0.15) is 0 Å². The van der Waals surface area contributed by atoms with Gasteiger partial charge in [0.05, 0.1) is 27.1 Å². The highest BCUT2D eigenvalue weighted by molar-refractivity contribution is 7.98. The summed E-state index contributed by atoms with van der Waals surface area (Å²) in [4.78, 5) is 4.57. The zero-order valence-electron chi connectivity index (χ0n) is 17.9. The number of rotatable bonds is 3. The Morgan fingerprint density at radius 2 is 1.29 bits per heavy atom. The Balaban J connectivity index is 1.61. The molecular weight excluding hydrogens is 442 g/mol. The average Bonchev–Trinajstić information content (AvgIpc) is 3.51. The quantitative estimate of drug-likeness (QED) is 0.261. The van der Waals surface area contributed by atoms with Gasteiger partial charge in [-0.3, -0.25) is 0 Å². The Morgan fingerprint density at radius 3 is 2.15 bits per heavy atom. The van der Waals surface area contributed by atoms with Gasteiger partial charge in [0.15, 0.2) is 0 Å². The minimum Gasteiger partial charge on any atom is -0.494 e. The highest BCUT2D eigenvalue weighted by Gasteiger charge is 2.19. The van der Waals surface area contributed by atoms with Gasteiger partial charge >= 0.3 is 0 Å². The van der Waals surface area contributed by atoms with Gasteiger partial charge in [-0.25, -0.2) is 3.97 Å². The number of hydrogen-bond donors (Lipinski definition) is 3. The number of aromatic nitrogens is 3. The van der Waals surface area contributed by atoms with E-state index >= 15 is 0 Å². The van der Waals surface area contributed by atoms with E-state index in [9.17, 15) is 10.2 Å². The van der Waals surface area contributed by atoms with Gasteiger partial charge in [0, 0.05) is 51.1 Å². The van der Waals surface area contributed by atoms with Gasteiger partial charge in [-0.1, -0.05) is 60.7 Å². The zero-order chi connectivity index (χ0) is 22.8. The maximum atomic E-state index is 10.2. The van der Waals surface area contributed by atoms with Gasteiger partial charge in [-0.05, 0) is 24.3 Å². The second kappa shape index (κ2) is 7.10. The Kier molecular flexibility index (Phi) is 4.01. The van der Waals surface area contributed by atoms with E-state index in [1.165, 1.54) is 49.6 Å². The van der Waals surface area contributed by atoms with Crippen LogP contribution in [0.25, 0.3) is 49.3 Å². The number of nitrogens with zero attached hydrogens (tertiary/aromatic N) is 2. The minimum absolute atomic E-state index is 0.00228. The van der Waals surface area contributed by atoms with Gasteiger partial charge in [0.1, 0.15) is 0 Å². The minimum atomic E-state index is -0.00228. The molecule has 3 heterocycles. The molecule has 3 N–H and O–H groups in total. The fourth-order valence-electron chi connectivity index (χ4n) is 4.93. The second-order valence-corrected chi connectivity index (χ2v) is 9.30. The molecule has 5 nitrogen and oxygen atoms in total. The van der Waals surface area contributed by atoms with E-state index < -0.39 is 0 Å². The van der Waals surface area contributed by atoms with Crippen LogP contribution in [0.2, 0.25) is 0 Å². The van der Waals surface area contributed by atoms with Crippen LogP contribution in [0.15, 0.2) is 102 Å². The van der Waals surface area contributed by atoms with Crippen LogP contribution < -0.4 is 0 Å². The van der Waals surface area contributed by atoms with Crippen LogP contribution in [0.3, 0.4) is 0 Å². The summed E-state index contributed by atoms with van der Waals surface area (Å²) in [5.74, 6) is -0.00457. The van der Waals surface area contributed by atoms with Crippen molar-refractivity contribution in [3.05, 3.63) is 97.1 Å². The van der Waals surface area contributed by atoms with E-state index in [0.717, 1.165) is 32.6 Å². The molecule has 0 unspecified atom stereocenters. The molecule has 164 valence electrons. The smallest absolute Gasteiger partial charge is 0.204 e. The number of hydrogen-bond acceptors (Lipinski definition) is 3. The normalized spacial score (nSPS) is 11.9. The first-order valence-corrected chi connectivity index (χ1v) is 11.8. The lowest BCUT2D eigenvalue weighted by molar-refractivity contribution is 0.416. The van der Waals surface area contributed by atoms with Gasteiger partial charge in [0.25, 0.3) is 0 Å². The standard InChI is InChI=1S/C28H19N3O2S/c32-25-15-16-26(33)31(25)34-24-12-6-5-11-23(24)30-22-10-4-2-8-18(22)20-14-13-19-17-7-1-3-9-21(17)29-27(19)28(20)30/h1-16,29,32-33H. The van der Waals surface area contributed by atoms with Crippen LogP contribution in [-0.2, 0) is 0 Å². The van der Waals surface area contributed by atoms with Crippen LogP contribution in [0.5, 0.6) is 11.8 Å². The number of benzene rings is 4. The number of H-pyrrole nitrogens is 1. The van der Waals surface area contributed by atoms with E-state index in [1.54, 1.807) is 0 Å². The molecule has 0 amide bonds. The Labute approximate surface area is 198 Å². The number of nitrogens with one attached hydrogen (secondary N) is 1. The second-order valence-electron chi connectivity index (χ2n) is 8.31. The summed E-state index contributed by atoms with van der Waals surface area (Å²) in [6.45, 7) is 0. The molecule has 0 atom stereocenters. The van der Waals surface area contributed by atoms with Gasteiger partial charge in [-0.15, -0.1) is 0 Å². The summed E-state index contributed by atoms with van der Waals surface area (Å²) in [7, 11) is 0. The summed E-state index contributed by atoms with van der Waals surface area (Å²) in [5.41, 5.74) is 5.35. The highest BCUT2D eigenvalue weighted by Crippen LogP contribution is 2.41. The van der Waals surface area contributed by atoms with Crippen LogP contribution in [0, 0.1) is 0 Å². The number of aromatic amines is 1. The van der Waals surface area contributed by atoms with Crippen molar-refractivity contribution in [3.8, 4) is 17.4 Å². The fourth-order valence-corrected chi connectivity index (χ4v) is 5.83. The third-order valence-electron chi connectivity index (χ3n) is 6.41. The maximum absolute atomic E-state index is 10.2. The Bertz CT molecular complexity index is 1860. The molecule has 0 radical (unpaired) electrons. The first kappa shape index (κ1) is 19.2. The van der Waals surface area contributed by atoms with Crippen LogP contribution >= 0.6 is 11.9 Å². The van der Waals surface area contributed by atoms with E-state index in [2.05, 4.69) is 70.2 Å². The third-order valence-corrected chi connectivity index (χ3v) is 7.51. The van der Waals surface area contributed by atoms with Crippen molar-refractivity contribution < 1.29 is 10.2 Å². The SMILES string of the molecule is Oc1ccc(O)n1Sc1ccccc1-n1c2ccccc2c2ccc3c4ccccc4[nH]c3c21. The van der Waals surface area contributed by atoms with E-state index in [-0.39, 0.29) is 11.8 Å². The maximum Gasteiger partial charge on any atom is 0.204 e. The molecule has 3 aromatic heterocycles. The Morgan fingerprint density at radius 1 is 0.618 bits per heavy atom. The number of para-hydroxylation sites is 3. The number of fused-ring (bicyclic) bond motifs is 7. The molecule has 0 saturated heterocycles. The third kappa shape index (κ3) is 2.63. The lowest BCUT2D eigenvalue weighted by atomic mass is 10.1. The summed E-state index contributed by atoms with van der Waals surface area (Å²) in [6.07, 6.45) is 0. The molecule has 34 heavy (non-hydrogen) atoms. The molecule has 0 aliphatic heterocycles. The lowest BCUT2D eigenvalue weighted by Gasteiger charge is -2.14. The fraction of sp³-hybridized carbons (Fsp3) is 0. The molecule has 0 aliphatic rings. The summed E-state index contributed by atoms with van der Waals surface area (Å²) >= 11 is 1.29. The monoisotopic (exact) mass is 461 g/mol. The molecule has 4 aromatic carbocycles. The predicted molar refractivity (Wildman–Crippen MR) is 139 cm³/mol.